The minimum absolute atomic E-state index is 0.475. The SMILES string of the molecule is CC(OS(=O)[O-])c1cccnc1. The molecule has 1 rings (SSSR count). The number of rotatable bonds is 3. The molecule has 2 unspecified atom stereocenters. The van der Waals surface area contributed by atoms with Crippen LogP contribution in [0.4, 0.5) is 0 Å². The molecule has 4 nitrogen and oxygen atoms in total. The lowest BCUT2D eigenvalue weighted by Gasteiger charge is -2.13. The van der Waals surface area contributed by atoms with Crippen molar-refractivity contribution in [2.24, 2.45) is 0 Å². The van der Waals surface area contributed by atoms with Gasteiger partial charge in [-0.25, -0.2) is 4.21 Å². The van der Waals surface area contributed by atoms with Gasteiger partial charge < -0.3 is 4.55 Å². The maximum absolute atomic E-state index is 10.1. The quantitative estimate of drug-likeness (QED) is 0.659. The number of aromatic nitrogens is 1. The Kier molecular flexibility index (Phi) is 3.33. The van der Waals surface area contributed by atoms with Gasteiger partial charge in [-0.1, -0.05) is 6.07 Å². The van der Waals surface area contributed by atoms with Crippen molar-refractivity contribution in [3.05, 3.63) is 30.1 Å². The van der Waals surface area contributed by atoms with Crippen LogP contribution < -0.4 is 0 Å². The summed E-state index contributed by atoms with van der Waals surface area (Å²) >= 11 is -2.47. The highest BCUT2D eigenvalue weighted by molar-refractivity contribution is 7.74. The molecule has 0 fully saturated rings. The van der Waals surface area contributed by atoms with Gasteiger partial charge in [0.2, 0.25) is 0 Å². The number of hydrogen-bond donors (Lipinski definition) is 0. The Morgan fingerprint density at radius 3 is 3.00 bits per heavy atom. The summed E-state index contributed by atoms with van der Waals surface area (Å²) in [4.78, 5) is 3.83. The smallest absolute Gasteiger partial charge is 0.0973 e. The Hall–Kier alpha value is -0.780. The molecule has 0 spiro atoms. The van der Waals surface area contributed by atoms with Crippen molar-refractivity contribution in [3.63, 3.8) is 0 Å². The first-order valence-corrected chi connectivity index (χ1v) is 4.36. The highest BCUT2D eigenvalue weighted by atomic mass is 32.2. The summed E-state index contributed by atoms with van der Waals surface area (Å²) in [6, 6.07) is 3.48. The van der Waals surface area contributed by atoms with Gasteiger partial charge in [0, 0.05) is 18.0 Å². The van der Waals surface area contributed by atoms with E-state index in [0.717, 1.165) is 5.56 Å². The second kappa shape index (κ2) is 4.30. The lowest BCUT2D eigenvalue weighted by molar-refractivity contribution is 0.223. The molecular weight excluding hydrogens is 178 g/mol. The van der Waals surface area contributed by atoms with Crippen molar-refractivity contribution in [1.82, 2.24) is 4.98 Å². The molecule has 0 aliphatic carbocycles. The van der Waals surface area contributed by atoms with Crippen LogP contribution in [0.1, 0.15) is 18.6 Å². The Labute approximate surface area is 73.1 Å². The summed E-state index contributed by atoms with van der Waals surface area (Å²) in [6.07, 6.45) is 2.71. The molecular formula is C7H8NO3S-. The van der Waals surface area contributed by atoms with Crippen molar-refractivity contribution in [2.75, 3.05) is 0 Å². The van der Waals surface area contributed by atoms with Crippen molar-refractivity contribution in [2.45, 2.75) is 13.0 Å². The second-order valence-electron chi connectivity index (χ2n) is 2.23. The molecule has 0 radical (unpaired) electrons. The molecule has 0 N–H and O–H groups in total. The Morgan fingerprint density at radius 1 is 1.75 bits per heavy atom. The van der Waals surface area contributed by atoms with E-state index in [1.165, 1.54) is 0 Å². The van der Waals surface area contributed by atoms with Gasteiger partial charge in [0.1, 0.15) is 0 Å². The minimum Gasteiger partial charge on any atom is -0.750 e. The highest BCUT2D eigenvalue weighted by Crippen LogP contribution is 2.15. The molecule has 2 atom stereocenters. The Bertz CT molecular complexity index is 265. The Morgan fingerprint density at radius 2 is 2.50 bits per heavy atom. The van der Waals surface area contributed by atoms with Gasteiger partial charge in [-0.05, 0) is 13.0 Å². The van der Waals surface area contributed by atoms with Crippen molar-refractivity contribution >= 4 is 11.4 Å². The van der Waals surface area contributed by atoms with Gasteiger partial charge in [0.25, 0.3) is 0 Å². The van der Waals surface area contributed by atoms with Crippen LogP contribution in [0.15, 0.2) is 24.5 Å². The van der Waals surface area contributed by atoms with E-state index < -0.39 is 17.5 Å². The fraction of sp³-hybridized carbons (Fsp3) is 0.286. The first-order valence-electron chi connectivity index (χ1n) is 3.36. The molecule has 0 bridgehead atoms. The fourth-order valence-electron chi connectivity index (χ4n) is 0.790. The third kappa shape index (κ3) is 2.69. The monoisotopic (exact) mass is 186 g/mol. The normalized spacial score (nSPS) is 15.5. The van der Waals surface area contributed by atoms with E-state index in [0.29, 0.717) is 0 Å². The summed E-state index contributed by atoms with van der Waals surface area (Å²) in [5.74, 6) is 0. The van der Waals surface area contributed by atoms with Gasteiger partial charge >= 0.3 is 0 Å². The summed E-state index contributed by atoms with van der Waals surface area (Å²) in [5.41, 5.74) is 0.738. The first kappa shape index (κ1) is 9.31. The molecule has 1 heterocycles. The zero-order chi connectivity index (χ0) is 8.97. The van der Waals surface area contributed by atoms with Crippen LogP contribution in [0.3, 0.4) is 0 Å². The van der Waals surface area contributed by atoms with E-state index in [-0.39, 0.29) is 0 Å². The van der Waals surface area contributed by atoms with Crippen molar-refractivity contribution < 1.29 is 12.9 Å². The lowest BCUT2D eigenvalue weighted by Crippen LogP contribution is -2.02. The molecule has 66 valence electrons. The van der Waals surface area contributed by atoms with Crippen molar-refractivity contribution in [1.29, 1.82) is 0 Å². The van der Waals surface area contributed by atoms with E-state index >= 15 is 0 Å². The number of nitrogens with zero attached hydrogens (tertiary/aromatic N) is 1. The predicted molar refractivity (Wildman–Crippen MR) is 42.7 cm³/mol. The van der Waals surface area contributed by atoms with E-state index in [2.05, 4.69) is 9.17 Å². The molecule has 0 saturated heterocycles. The molecule has 0 aliphatic heterocycles. The zero-order valence-corrected chi connectivity index (χ0v) is 7.28. The summed E-state index contributed by atoms with van der Waals surface area (Å²) in [7, 11) is 0. The summed E-state index contributed by atoms with van der Waals surface area (Å²) in [5, 5.41) is 0. The van der Waals surface area contributed by atoms with Crippen LogP contribution in [0.25, 0.3) is 0 Å². The van der Waals surface area contributed by atoms with Gasteiger partial charge in [0.05, 0.1) is 17.5 Å². The van der Waals surface area contributed by atoms with Crippen LogP contribution in [-0.4, -0.2) is 13.7 Å². The average Bonchev–Trinajstić information content (AvgIpc) is 2.05. The van der Waals surface area contributed by atoms with Gasteiger partial charge in [-0.3, -0.25) is 9.17 Å². The first-order chi connectivity index (χ1) is 5.70. The standard InChI is InChI=1S/C7H9NO3S/c1-6(11-12(9)10)7-3-2-4-8-5-7/h2-6H,1H3,(H,9,10)/p-1. The number of hydrogen-bond acceptors (Lipinski definition) is 4. The van der Waals surface area contributed by atoms with Crippen molar-refractivity contribution in [3.8, 4) is 0 Å². The topological polar surface area (TPSA) is 62.2 Å². The average molecular weight is 186 g/mol. The predicted octanol–water partition coefficient (Wildman–Crippen LogP) is 0.953. The molecule has 1 aromatic rings. The summed E-state index contributed by atoms with van der Waals surface area (Å²) in [6.45, 7) is 1.65. The van der Waals surface area contributed by atoms with E-state index in [4.69, 9.17) is 0 Å². The van der Waals surface area contributed by atoms with E-state index in [1.807, 2.05) is 0 Å². The molecule has 0 aliphatic rings. The van der Waals surface area contributed by atoms with E-state index in [1.54, 1.807) is 31.5 Å². The highest BCUT2D eigenvalue weighted by Gasteiger charge is 2.04. The van der Waals surface area contributed by atoms with Gasteiger partial charge in [-0.2, -0.15) is 0 Å². The van der Waals surface area contributed by atoms with Crippen LogP contribution in [0, 0.1) is 0 Å². The largest absolute Gasteiger partial charge is 0.750 e. The zero-order valence-electron chi connectivity index (χ0n) is 6.47. The third-order valence-corrected chi connectivity index (χ3v) is 1.82. The maximum Gasteiger partial charge on any atom is 0.0973 e. The molecule has 0 amide bonds. The van der Waals surface area contributed by atoms with Gasteiger partial charge in [0.15, 0.2) is 0 Å². The van der Waals surface area contributed by atoms with Crippen LogP contribution in [0.2, 0.25) is 0 Å². The van der Waals surface area contributed by atoms with E-state index in [9.17, 15) is 8.76 Å². The summed E-state index contributed by atoms with van der Waals surface area (Å²) < 4.78 is 24.8. The molecule has 0 saturated carbocycles. The maximum atomic E-state index is 10.1. The number of pyridine rings is 1. The van der Waals surface area contributed by atoms with Crippen LogP contribution >= 0.6 is 0 Å². The van der Waals surface area contributed by atoms with Crippen LogP contribution in [-0.2, 0) is 15.5 Å². The third-order valence-electron chi connectivity index (χ3n) is 1.38. The molecule has 0 aromatic carbocycles. The molecule has 5 heteroatoms. The van der Waals surface area contributed by atoms with Crippen LogP contribution in [0.5, 0.6) is 0 Å². The molecule has 12 heavy (non-hydrogen) atoms. The molecule has 1 aromatic heterocycles. The van der Waals surface area contributed by atoms with Gasteiger partial charge in [-0.15, -0.1) is 0 Å². The lowest BCUT2D eigenvalue weighted by atomic mass is 10.2. The fourth-order valence-corrected chi connectivity index (χ4v) is 1.14. The second-order valence-corrected chi connectivity index (χ2v) is 2.83. The Balaban J connectivity index is 2.65. The minimum atomic E-state index is -2.47.